The third-order valence-electron chi connectivity index (χ3n) is 2.11. The van der Waals surface area contributed by atoms with Crippen molar-refractivity contribution in [1.82, 2.24) is 19.7 Å². The van der Waals surface area contributed by atoms with Crippen molar-refractivity contribution in [2.24, 2.45) is 0 Å². The highest BCUT2D eigenvalue weighted by Crippen LogP contribution is 2.13. The molecule has 0 unspecified atom stereocenters. The van der Waals surface area contributed by atoms with Crippen molar-refractivity contribution in [1.29, 1.82) is 0 Å². The first kappa shape index (κ1) is 11.4. The summed E-state index contributed by atoms with van der Waals surface area (Å²) in [5, 5.41) is 4.17. The quantitative estimate of drug-likeness (QED) is 0.862. The molecule has 0 fully saturated rings. The number of ether oxygens (including phenoxy) is 1. The van der Waals surface area contributed by atoms with Gasteiger partial charge in [-0.3, -0.25) is 0 Å². The Hall–Kier alpha value is -2.11. The molecule has 0 radical (unpaired) electrons. The summed E-state index contributed by atoms with van der Waals surface area (Å²) in [5.41, 5.74) is 5.66. The van der Waals surface area contributed by atoms with Crippen LogP contribution in [0.3, 0.4) is 0 Å². The van der Waals surface area contributed by atoms with Crippen LogP contribution >= 0.6 is 0 Å². The van der Waals surface area contributed by atoms with E-state index in [1.54, 1.807) is 30.1 Å². The second-order valence-electron chi connectivity index (χ2n) is 3.67. The number of hydrogen-bond donors (Lipinski definition) is 1. The molecule has 0 aliphatic carbocycles. The van der Waals surface area contributed by atoms with Gasteiger partial charge >= 0.3 is 0 Å². The van der Waals surface area contributed by atoms with Gasteiger partial charge in [-0.25, -0.2) is 14.6 Å². The number of nitrogens with two attached hydrogens (primary N) is 1. The van der Waals surface area contributed by atoms with Crippen LogP contribution in [0, 0.1) is 6.92 Å². The first-order chi connectivity index (χ1) is 8.19. The molecule has 2 heterocycles. The number of anilines is 1. The Kier molecular flexibility index (Phi) is 3.22. The Balaban J connectivity index is 2.24. The summed E-state index contributed by atoms with van der Waals surface area (Å²) >= 11 is 0. The van der Waals surface area contributed by atoms with E-state index >= 15 is 0 Å². The van der Waals surface area contributed by atoms with Crippen LogP contribution in [0.4, 0.5) is 5.82 Å². The lowest BCUT2D eigenvalue weighted by atomic mass is 10.5. The molecule has 2 aromatic heterocycles. The topological polar surface area (TPSA) is 78.9 Å². The van der Waals surface area contributed by atoms with Crippen LogP contribution in [0.1, 0.15) is 19.2 Å². The molecule has 2 rings (SSSR count). The van der Waals surface area contributed by atoms with Gasteiger partial charge in [0.05, 0.1) is 19.0 Å². The van der Waals surface area contributed by atoms with Gasteiger partial charge in [0.25, 0.3) is 0 Å². The van der Waals surface area contributed by atoms with E-state index in [9.17, 15) is 0 Å². The highest BCUT2D eigenvalue weighted by atomic mass is 16.5. The van der Waals surface area contributed by atoms with Gasteiger partial charge in [-0.05, 0) is 13.3 Å². The fourth-order valence-corrected chi connectivity index (χ4v) is 1.42. The third-order valence-corrected chi connectivity index (χ3v) is 2.11. The smallest absolute Gasteiger partial charge is 0.159 e. The number of nitrogens with zero attached hydrogens (tertiary/aromatic N) is 4. The van der Waals surface area contributed by atoms with Gasteiger partial charge in [0.15, 0.2) is 11.6 Å². The van der Waals surface area contributed by atoms with E-state index in [1.807, 2.05) is 0 Å². The van der Waals surface area contributed by atoms with Crippen LogP contribution in [0.5, 0.6) is 5.75 Å². The Labute approximate surface area is 99.4 Å². The van der Waals surface area contributed by atoms with Crippen molar-refractivity contribution in [2.75, 3.05) is 12.3 Å². The molecule has 0 aliphatic heterocycles. The molecule has 6 heteroatoms. The minimum Gasteiger partial charge on any atom is -0.490 e. The minimum atomic E-state index is 0.430. The SMILES string of the molecule is CCCOc1cnn(-c2cc(N)nc(C)n2)c1. The van der Waals surface area contributed by atoms with Gasteiger partial charge in [0, 0.05) is 6.07 Å². The highest BCUT2D eigenvalue weighted by Gasteiger charge is 2.05. The van der Waals surface area contributed by atoms with Gasteiger partial charge in [0.2, 0.25) is 0 Å². The summed E-state index contributed by atoms with van der Waals surface area (Å²) in [7, 11) is 0. The molecule has 6 nitrogen and oxygen atoms in total. The molecule has 0 saturated carbocycles. The van der Waals surface area contributed by atoms with Gasteiger partial charge in [-0.1, -0.05) is 6.92 Å². The summed E-state index contributed by atoms with van der Waals surface area (Å²) < 4.78 is 7.08. The Bertz CT molecular complexity index is 488. The van der Waals surface area contributed by atoms with Crippen LogP contribution in [-0.4, -0.2) is 26.4 Å². The zero-order valence-corrected chi connectivity index (χ0v) is 9.92. The number of rotatable bonds is 4. The first-order valence-electron chi connectivity index (χ1n) is 5.48. The van der Waals surface area contributed by atoms with E-state index in [1.165, 1.54) is 0 Å². The van der Waals surface area contributed by atoms with E-state index in [4.69, 9.17) is 10.5 Å². The lowest BCUT2D eigenvalue weighted by Gasteiger charge is -2.02. The Morgan fingerprint density at radius 2 is 2.24 bits per heavy atom. The van der Waals surface area contributed by atoms with Crippen molar-refractivity contribution < 1.29 is 4.74 Å². The summed E-state index contributed by atoms with van der Waals surface area (Å²) in [5.74, 6) is 2.41. The highest BCUT2D eigenvalue weighted by molar-refractivity contribution is 5.37. The van der Waals surface area contributed by atoms with Gasteiger partial charge in [-0.15, -0.1) is 0 Å². The fraction of sp³-hybridized carbons (Fsp3) is 0.364. The second kappa shape index (κ2) is 4.82. The number of hydrogen-bond acceptors (Lipinski definition) is 5. The molecular formula is C11H15N5O. The predicted molar refractivity (Wildman–Crippen MR) is 64.1 cm³/mol. The zero-order valence-electron chi connectivity index (χ0n) is 9.92. The van der Waals surface area contributed by atoms with Gasteiger partial charge < -0.3 is 10.5 Å². The van der Waals surface area contributed by atoms with E-state index in [2.05, 4.69) is 22.0 Å². The number of aryl methyl sites for hydroxylation is 1. The molecule has 0 aromatic carbocycles. The minimum absolute atomic E-state index is 0.430. The number of nitrogen functional groups attached to an aromatic ring is 1. The van der Waals surface area contributed by atoms with Crippen molar-refractivity contribution in [3.05, 3.63) is 24.3 Å². The molecule has 2 aromatic rings. The molecule has 0 aliphatic rings. The van der Waals surface area contributed by atoms with Crippen molar-refractivity contribution in [2.45, 2.75) is 20.3 Å². The predicted octanol–water partition coefficient (Wildman–Crippen LogP) is 1.34. The summed E-state index contributed by atoms with van der Waals surface area (Å²) in [4.78, 5) is 8.26. The third kappa shape index (κ3) is 2.72. The largest absolute Gasteiger partial charge is 0.490 e. The second-order valence-corrected chi connectivity index (χ2v) is 3.67. The van der Waals surface area contributed by atoms with E-state index < -0.39 is 0 Å². The average Bonchev–Trinajstić information content (AvgIpc) is 2.73. The zero-order chi connectivity index (χ0) is 12.3. The molecule has 0 atom stereocenters. The van der Waals surface area contributed by atoms with Crippen molar-refractivity contribution in [3.8, 4) is 11.6 Å². The van der Waals surface area contributed by atoms with Crippen molar-refractivity contribution in [3.63, 3.8) is 0 Å². The first-order valence-corrected chi connectivity index (χ1v) is 5.48. The molecule has 0 amide bonds. The lowest BCUT2D eigenvalue weighted by Crippen LogP contribution is -2.03. The lowest BCUT2D eigenvalue weighted by molar-refractivity contribution is 0.317. The van der Waals surface area contributed by atoms with E-state index in [-0.39, 0.29) is 0 Å². The van der Waals surface area contributed by atoms with E-state index in [0.717, 1.165) is 12.2 Å². The monoisotopic (exact) mass is 233 g/mol. The molecule has 0 bridgehead atoms. The van der Waals surface area contributed by atoms with Crippen LogP contribution < -0.4 is 10.5 Å². The molecule has 0 saturated heterocycles. The van der Waals surface area contributed by atoms with Crippen LogP contribution in [0.25, 0.3) is 5.82 Å². The summed E-state index contributed by atoms with van der Waals surface area (Å²) in [6.07, 6.45) is 4.39. The Morgan fingerprint density at radius 1 is 1.41 bits per heavy atom. The summed E-state index contributed by atoms with van der Waals surface area (Å²) in [6, 6.07) is 1.67. The van der Waals surface area contributed by atoms with Crippen LogP contribution in [-0.2, 0) is 0 Å². The average molecular weight is 233 g/mol. The van der Waals surface area contributed by atoms with E-state index in [0.29, 0.717) is 24.1 Å². The maximum absolute atomic E-state index is 5.66. The molecule has 0 spiro atoms. The summed E-state index contributed by atoms with van der Waals surface area (Å²) in [6.45, 7) is 4.52. The standard InChI is InChI=1S/C11H15N5O/c1-3-4-17-9-6-13-16(7-9)11-5-10(12)14-8(2)15-11/h5-7H,3-4H2,1-2H3,(H2,12,14,15). The molecular weight excluding hydrogens is 218 g/mol. The van der Waals surface area contributed by atoms with Crippen LogP contribution in [0.15, 0.2) is 18.5 Å². The molecule has 2 N–H and O–H groups in total. The van der Waals surface area contributed by atoms with Crippen LogP contribution in [0.2, 0.25) is 0 Å². The molecule has 90 valence electrons. The Morgan fingerprint density at radius 3 is 2.94 bits per heavy atom. The maximum atomic E-state index is 5.66. The number of aromatic nitrogens is 4. The van der Waals surface area contributed by atoms with Crippen molar-refractivity contribution >= 4 is 5.82 Å². The fourth-order valence-electron chi connectivity index (χ4n) is 1.42. The molecule has 17 heavy (non-hydrogen) atoms. The van der Waals surface area contributed by atoms with Gasteiger partial charge in [0.1, 0.15) is 11.6 Å². The normalized spacial score (nSPS) is 10.5. The van der Waals surface area contributed by atoms with Gasteiger partial charge in [-0.2, -0.15) is 5.10 Å². The maximum Gasteiger partial charge on any atom is 0.159 e.